The van der Waals surface area contributed by atoms with Gasteiger partial charge in [-0.2, -0.15) is 4.31 Å². The van der Waals surface area contributed by atoms with E-state index >= 15 is 0 Å². The lowest BCUT2D eigenvalue weighted by atomic mass is 10.2. The average Bonchev–Trinajstić information content (AvgIpc) is 2.72. The molecule has 8 heteroatoms. The van der Waals surface area contributed by atoms with Crippen LogP contribution in [0.4, 0.5) is 0 Å². The molecular formula is C20H23ClN2O3S2. The van der Waals surface area contributed by atoms with Gasteiger partial charge >= 0.3 is 0 Å². The molecule has 0 aliphatic carbocycles. The SMILES string of the molecule is CC(SCc1cccc(Cl)c1)C(=O)N1CCN(S(=O)(=O)c2ccccc2)CC1. The molecule has 1 aliphatic rings. The van der Waals surface area contributed by atoms with Crippen molar-refractivity contribution in [2.75, 3.05) is 26.2 Å². The third kappa shape index (κ3) is 5.08. The van der Waals surface area contributed by atoms with Gasteiger partial charge in [-0.1, -0.05) is 41.9 Å². The van der Waals surface area contributed by atoms with E-state index in [1.165, 1.54) is 4.31 Å². The highest BCUT2D eigenvalue weighted by atomic mass is 35.5. The summed E-state index contributed by atoms with van der Waals surface area (Å²) in [6.07, 6.45) is 0. The van der Waals surface area contributed by atoms with Crippen molar-refractivity contribution in [3.63, 3.8) is 0 Å². The molecule has 0 bridgehead atoms. The molecule has 1 fully saturated rings. The maximum absolute atomic E-state index is 12.7. The number of halogens is 1. The minimum Gasteiger partial charge on any atom is -0.339 e. The maximum Gasteiger partial charge on any atom is 0.243 e. The normalized spacial score (nSPS) is 16.7. The van der Waals surface area contributed by atoms with Crippen molar-refractivity contribution in [3.05, 3.63) is 65.2 Å². The van der Waals surface area contributed by atoms with Crippen LogP contribution in [0.25, 0.3) is 0 Å². The van der Waals surface area contributed by atoms with Crippen molar-refractivity contribution in [3.8, 4) is 0 Å². The van der Waals surface area contributed by atoms with Crippen molar-refractivity contribution >= 4 is 39.3 Å². The van der Waals surface area contributed by atoms with Crippen LogP contribution in [0.2, 0.25) is 5.02 Å². The van der Waals surface area contributed by atoms with Gasteiger partial charge in [-0.15, -0.1) is 11.8 Å². The van der Waals surface area contributed by atoms with E-state index in [0.29, 0.717) is 41.8 Å². The number of carbonyl (C=O) groups is 1. The van der Waals surface area contributed by atoms with Gasteiger partial charge < -0.3 is 4.90 Å². The van der Waals surface area contributed by atoms with Crippen LogP contribution >= 0.6 is 23.4 Å². The van der Waals surface area contributed by atoms with E-state index in [4.69, 9.17) is 11.6 Å². The molecule has 1 amide bonds. The largest absolute Gasteiger partial charge is 0.339 e. The number of carbonyl (C=O) groups excluding carboxylic acids is 1. The number of amides is 1. The zero-order valence-corrected chi connectivity index (χ0v) is 18.0. The molecule has 5 nitrogen and oxygen atoms in total. The number of piperazine rings is 1. The van der Waals surface area contributed by atoms with Crippen LogP contribution in [-0.2, 0) is 20.6 Å². The highest BCUT2D eigenvalue weighted by Gasteiger charge is 2.31. The number of rotatable bonds is 6. The molecular weight excluding hydrogens is 416 g/mol. The third-order valence-corrected chi connectivity index (χ3v) is 8.02. The molecule has 0 aromatic heterocycles. The number of benzene rings is 2. The quantitative estimate of drug-likeness (QED) is 0.692. The van der Waals surface area contributed by atoms with Gasteiger partial charge in [0.1, 0.15) is 0 Å². The van der Waals surface area contributed by atoms with Crippen LogP contribution < -0.4 is 0 Å². The second-order valence-electron chi connectivity index (χ2n) is 6.63. The second-order valence-corrected chi connectivity index (χ2v) is 10.3. The summed E-state index contributed by atoms with van der Waals surface area (Å²) >= 11 is 7.56. The van der Waals surface area contributed by atoms with E-state index in [2.05, 4.69) is 0 Å². The van der Waals surface area contributed by atoms with Gasteiger partial charge in [0.05, 0.1) is 10.1 Å². The van der Waals surface area contributed by atoms with Gasteiger partial charge in [0.15, 0.2) is 0 Å². The molecule has 2 aromatic rings. The summed E-state index contributed by atoms with van der Waals surface area (Å²) in [5.74, 6) is 0.749. The van der Waals surface area contributed by atoms with Crippen LogP contribution in [0.15, 0.2) is 59.5 Å². The lowest BCUT2D eigenvalue weighted by Gasteiger charge is -2.35. The predicted octanol–water partition coefficient (Wildman–Crippen LogP) is 3.49. The summed E-state index contributed by atoms with van der Waals surface area (Å²) in [5.41, 5.74) is 1.08. The smallest absolute Gasteiger partial charge is 0.243 e. The molecule has 3 rings (SSSR count). The fourth-order valence-corrected chi connectivity index (χ4v) is 5.64. The summed E-state index contributed by atoms with van der Waals surface area (Å²) in [5, 5.41) is 0.490. The predicted molar refractivity (Wildman–Crippen MR) is 114 cm³/mol. The minimum atomic E-state index is -3.50. The summed E-state index contributed by atoms with van der Waals surface area (Å²) in [7, 11) is -3.50. The molecule has 150 valence electrons. The number of sulfonamides is 1. The molecule has 0 saturated carbocycles. The Kier molecular flexibility index (Phi) is 7.04. The van der Waals surface area contributed by atoms with E-state index in [9.17, 15) is 13.2 Å². The fourth-order valence-electron chi connectivity index (χ4n) is 3.07. The summed E-state index contributed by atoms with van der Waals surface area (Å²) in [6, 6.07) is 16.0. The Balaban J connectivity index is 1.53. The molecule has 2 aromatic carbocycles. The molecule has 1 heterocycles. The fraction of sp³-hybridized carbons (Fsp3) is 0.350. The summed E-state index contributed by atoms with van der Waals surface area (Å²) < 4.78 is 26.8. The summed E-state index contributed by atoms with van der Waals surface area (Å²) in [4.78, 5) is 14.8. The Morgan fingerprint density at radius 2 is 1.75 bits per heavy atom. The number of nitrogens with zero attached hydrogens (tertiary/aromatic N) is 2. The molecule has 1 unspecified atom stereocenters. The van der Waals surface area contributed by atoms with Gasteiger partial charge in [-0.25, -0.2) is 8.42 Å². The first-order chi connectivity index (χ1) is 13.4. The van der Waals surface area contributed by atoms with Crippen molar-refractivity contribution in [2.24, 2.45) is 0 Å². The highest BCUT2D eigenvalue weighted by Crippen LogP contribution is 2.23. The van der Waals surface area contributed by atoms with Crippen LogP contribution in [0.5, 0.6) is 0 Å². The molecule has 1 saturated heterocycles. The van der Waals surface area contributed by atoms with E-state index < -0.39 is 10.0 Å². The van der Waals surface area contributed by atoms with Crippen molar-refractivity contribution < 1.29 is 13.2 Å². The van der Waals surface area contributed by atoms with E-state index in [1.54, 1.807) is 47.0 Å². The van der Waals surface area contributed by atoms with Crippen LogP contribution in [-0.4, -0.2) is 55.0 Å². The molecule has 0 radical (unpaired) electrons. The lowest BCUT2D eigenvalue weighted by molar-refractivity contribution is -0.131. The zero-order chi connectivity index (χ0) is 20.1. The van der Waals surface area contributed by atoms with Gasteiger partial charge in [0, 0.05) is 37.0 Å². The van der Waals surface area contributed by atoms with Crippen LogP contribution in [0.1, 0.15) is 12.5 Å². The molecule has 0 N–H and O–H groups in total. The van der Waals surface area contributed by atoms with Gasteiger partial charge in [0.2, 0.25) is 15.9 Å². The number of thioether (sulfide) groups is 1. The first kappa shape index (κ1) is 21.2. The topological polar surface area (TPSA) is 57.7 Å². The van der Waals surface area contributed by atoms with Crippen LogP contribution in [0, 0.1) is 0 Å². The lowest BCUT2D eigenvalue weighted by Crippen LogP contribution is -2.52. The minimum absolute atomic E-state index is 0.0452. The van der Waals surface area contributed by atoms with Crippen molar-refractivity contribution in [1.29, 1.82) is 0 Å². The standard InChI is InChI=1S/C20H23ClN2O3S2/c1-16(27-15-17-6-5-7-18(21)14-17)20(24)22-10-12-23(13-11-22)28(25,26)19-8-3-2-4-9-19/h2-9,14,16H,10-13,15H2,1H3. The van der Waals surface area contributed by atoms with Crippen molar-refractivity contribution in [1.82, 2.24) is 9.21 Å². The molecule has 1 atom stereocenters. The van der Waals surface area contributed by atoms with E-state index in [1.807, 2.05) is 31.2 Å². The Bertz CT molecular complexity index is 914. The maximum atomic E-state index is 12.7. The third-order valence-electron chi connectivity index (χ3n) is 4.67. The van der Waals surface area contributed by atoms with Crippen LogP contribution in [0.3, 0.4) is 0 Å². The molecule has 28 heavy (non-hydrogen) atoms. The van der Waals surface area contributed by atoms with Gasteiger partial charge in [-0.05, 0) is 36.8 Å². The second kappa shape index (κ2) is 9.31. The van der Waals surface area contributed by atoms with Gasteiger partial charge in [0.25, 0.3) is 0 Å². The van der Waals surface area contributed by atoms with E-state index in [-0.39, 0.29) is 11.2 Å². The highest BCUT2D eigenvalue weighted by molar-refractivity contribution is 7.99. The Morgan fingerprint density at radius 3 is 2.39 bits per heavy atom. The Morgan fingerprint density at radius 1 is 1.07 bits per heavy atom. The van der Waals surface area contributed by atoms with E-state index in [0.717, 1.165) is 5.56 Å². The number of hydrogen-bond acceptors (Lipinski definition) is 4. The van der Waals surface area contributed by atoms with Crippen molar-refractivity contribution in [2.45, 2.75) is 22.8 Å². The first-order valence-corrected chi connectivity index (χ1v) is 11.9. The zero-order valence-electron chi connectivity index (χ0n) is 15.6. The molecule has 1 aliphatic heterocycles. The molecule has 0 spiro atoms. The Hall–Kier alpha value is -1.54. The first-order valence-electron chi connectivity index (χ1n) is 9.08. The van der Waals surface area contributed by atoms with Gasteiger partial charge in [-0.3, -0.25) is 4.79 Å². The number of hydrogen-bond donors (Lipinski definition) is 0. The summed E-state index contributed by atoms with van der Waals surface area (Å²) in [6.45, 7) is 3.34. The Labute approximate surface area is 175 Å². The average molecular weight is 439 g/mol. The monoisotopic (exact) mass is 438 g/mol.